The molecule has 0 heterocycles. The Bertz CT molecular complexity index is 700. The number of hydrogen-bond donors (Lipinski definition) is 1. The SMILES string of the molecule is COc1ccc(C(CO)N(C)C/C=C/c2ccc(C#N)cc2)cc1. The van der Waals surface area contributed by atoms with Crippen molar-refractivity contribution < 1.29 is 9.84 Å². The predicted octanol–water partition coefficient (Wildman–Crippen LogP) is 3.25. The maximum absolute atomic E-state index is 9.72. The molecule has 1 unspecified atom stereocenters. The van der Waals surface area contributed by atoms with Crippen LogP contribution in [-0.4, -0.2) is 37.3 Å². The van der Waals surface area contributed by atoms with Gasteiger partial charge in [-0.25, -0.2) is 0 Å². The predicted molar refractivity (Wildman–Crippen MR) is 95.6 cm³/mol. The van der Waals surface area contributed by atoms with Gasteiger partial charge in [-0.05, 0) is 42.4 Å². The minimum Gasteiger partial charge on any atom is -0.497 e. The van der Waals surface area contributed by atoms with E-state index in [4.69, 9.17) is 10.00 Å². The van der Waals surface area contributed by atoms with Crippen LogP contribution in [0.3, 0.4) is 0 Å². The molecule has 0 aliphatic carbocycles. The van der Waals surface area contributed by atoms with Gasteiger partial charge in [-0.2, -0.15) is 5.26 Å². The Hall–Kier alpha value is -2.61. The van der Waals surface area contributed by atoms with Gasteiger partial charge in [-0.3, -0.25) is 4.90 Å². The summed E-state index contributed by atoms with van der Waals surface area (Å²) in [6, 6.07) is 17.2. The zero-order chi connectivity index (χ0) is 17.4. The number of rotatable bonds is 7. The summed E-state index contributed by atoms with van der Waals surface area (Å²) in [6.45, 7) is 0.755. The number of nitriles is 1. The monoisotopic (exact) mass is 322 g/mol. The first-order valence-electron chi connectivity index (χ1n) is 7.79. The van der Waals surface area contributed by atoms with Gasteiger partial charge in [0.15, 0.2) is 0 Å². The third kappa shape index (κ3) is 4.69. The maximum atomic E-state index is 9.72. The summed E-state index contributed by atoms with van der Waals surface area (Å²) in [6.07, 6.45) is 4.06. The molecule has 0 saturated heterocycles. The van der Waals surface area contributed by atoms with Gasteiger partial charge in [-0.15, -0.1) is 0 Å². The molecular weight excluding hydrogens is 300 g/mol. The third-order valence-corrected chi connectivity index (χ3v) is 3.95. The summed E-state index contributed by atoms with van der Waals surface area (Å²) in [5.74, 6) is 0.804. The maximum Gasteiger partial charge on any atom is 0.118 e. The molecule has 0 radical (unpaired) electrons. The van der Waals surface area contributed by atoms with Crippen molar-refractivity contribution in [1.82, 2.24) is 4.90 Å². The zero-order valence-corrected chi connectivity index (χ0v) is 14.0. The van der Waals surface area contributed by atoms with E-state index >= 15 is 0 Å². The van der Waals surface area contributed by atoms with Crippen LogP contribution in [0.1, 0.15) is 22.7 Å². The standard InChI is InChI=1S/C20H22N2O2/c1-22(13-3-4-16-5-7-17(14-21)8-6-16)20(15-23)18-9-11-19(24-2)12-10-18/h3-12,20,23H,13,15H2,1-2H3/b4-3+. The molecule has 2 rings (SSSR count). The molecule has 2 aromatic rings. The molecule has 0 amide bonds. The second kappa shape index (κ2) is 8.88. The smallest absolute Gasteiger partial charge is 0.118 e. The number of benzene rings is 2. The average Bonchev–Trinajstić information content (AvgIpc) is 2.63. The second-order valence-corrected chi connectivity index (χ2v) is 5.55. The van der Waals surface area contributed by atoms with Gasteiger partial charge in [-0.1, -0.05) is 36.4 Å². The number of aliphatic hydroxyl groups is 1. The van der Waals surface area contributed by atoms with E-state index in [9.17, 15) is 5.11 Å². The highest BCUT2D eigenvalue weighted by molar-refractivity contribution is 5.51. The minimum atomic E-state index is -0.0680. The molecule has 4 heteroatoms. The number of hydrogen-bond acceptors (Lipinski definition) is 4. The summed E-state index contributed by atoms with van der Waals surface area (Å²) in [5, 5.41) is 18.5. The van der Waals surface area contributed by atoms with Crippen molar-refractivity contribution in [1.29, 1.82) is 5.26 Å². The van der Waals surface area contributed by atoms with Crippen LogP contribution in [0.15, 0.2) is 54.6 Å². The fraction of sp³-hybridized carbons (Fsp3) is 0.250. The lowest BCUT2D eigenvalue weighted by Crippen LogP contribution is -2.27. The van der Waals surface area contributed by atoms with E-state index in [2.05, 4.69) is 11.0 Å². The number of ether oxygens (including phenoxy) is 1. The molecular formula is C20H22N2O2. The Balaban J connectivity index is 1.98. The number of methoxy groups -OCH3 is 1. The van der Waals surface area contributed by atoms with Crippen LogP contribution in [0.4, 0.5) is 0 Å². The molecule has 0 fully saturated rings. The highest BCUT2D eigenvalue weighted by Crippen LogP contribution is 2.21. The third-order valence-electron chi connectivity index (χ3n) is 3.95. The van der Waals surface area contributed by atoms with Gasteiger partial charge in [0, 0.05) is 6.54 Å². The molecule has 24 heavy (non-hydrogen) atoms. The van der Waals surface area contributed by atoms with Gasteiger partial charge in [0.2, 0.25) is 0 Å². The molecule has 0 aromatic heterocycles. The fourth-order valence-electron chi connectivity index (χ4n) is 2.48. The summed E-state index contributed by atoms with van der Waals surface area (Å²) in [5.41, 5.74) is 2.75. The first kappa shape index (κ1) is 17.7. The number of likely N-dealkylation sites (N-methyl/N-ethyl adjacent to an activating group) is 1. The number of aliphatic hydroxyl groups excluding tert-OH is 1. The van der Waals surface area contributed by atoms with E-state index in [1.54, 1.807) is 19.2 Å². The van der Waals surface area contributed by atoms with Crippen LogP contribution in [-0.2, 0) is 0 Å². The van der Waals surface area contributed by atoms with Gasteiger partial charge in [0.25, 0.3) is 0 Å². The van der Waals surface area contributed by atoms with Crippen molar-refractivity contribution in [3.63, 3.8) is 0 Å². The Morgan fingerprint density at radius 3 is 2.38 bits per heavy atom. The average molecular weight is 322 g/mol. The Morgan fingerprint density at radius 2 is 1.83 bits per heavy atom. The van der Waals surface area contributed by atoms with Crippen molar-refractivity contribution >= 4 is 6.08 Å². The molecule has 1 N–H and O–H groups in total. The number of nitrogens with zero attached hydrogens (tertiary/aromatic N) is 2. The molecule has 4 nitrogen and oxygen atoms in total. The van der Waals surface area contributed by atoms with Crippen molar-refractivity contribution in [3.05, 3.63) is 71.3 Å². The lowest BCUT2D eigenvalue weighted by atomic mass is 10.1. The summed E-state index contributed by atoms with van der Waals surface area (Å²) in [4.78, 5) is 2.09. The van der Waals surface area contributed by atoms with Crippen molar-refractivity contribution in [2.75, 3.05) is 27.3 Å². The van der Waals surface area contributed by atoms with Crippen LogP contribution in [0.5, 0.6) is 5.75 Å². The largest absolute Gasteiger partial charge is 0.497 e. The van der Waals surface area contributed by atoms with E-state index in [1.807, 2.05) is 55.6 Å². The Morgan fingerprint density at radius 1 is 1.17 bits per heavy atom. The topological polar surface area (TPSA) is 56.5 Å². The van der Waals surface area contributed by atoms with E-state index in [0.29, 0.717) is 12.1 Å². The van der Waals surface area contributed by atoms with Gasteiger partial charge < -0.3 is 9.84 Å². The summed E-state index contributed by atoms with van der Waals surface area (Å²) >= 11 is 0. The van der Waals surface area contributed by atoms with Gasteiger partial charge in [0.1, 0.15) is 5.75 Å². The lowest BCUT2D eigenvalue weighted by molar-refractivity contribution is 0.159. The molecule has 124 valence electrons. The molecule has 0 aliphatic rings. The van der Waals surface area contributed by atoms with Crippen molar-refractivity contribution in [2.24, 2.45) is 0 Å². The normalized spacial score (nSPS) is 12.3. The lowest BCUT2D eigenvalue weighted by Gasteiger charge is -2.25. The van der Waals surface area contributed by atoms with Crippen LogP contribution in [0, 0.1) is 11.3 Å². The molecule has 0 aliphatic heterocycles. The highest BCUT2D eigenvalue weighted by Gasteiger charge is 2.14. The summed E-state index contributed by atoms with van der Waals surface area (Å²) in [7, 11) is 3.62. The van der Waals surface area contributed by atoms with E-state index in [-0.39, 0.29) is 12.6 Å². The molecule has 2 aromatic carbocycles. The molecule has 0 saturated carbocycles. The van der Waals surface area contributed by atoms with Crippen LogP contribution in [0.25, 0.3) is 6.08 Å². The van der Waals surface area contributed by atoms with E-state index in [1.165, 1.54) is 0 Å². The van der Waals surface area contributed by atoms with E-state index in [0.717, 1.165) is 16.9 Å². The first-order valence-corrected chi connectivity index (χ1v) is 7.79. The molecule has 1 atom stereocenters. The quantitative estimate of drug-likeness (QED) is 0.850. The fourth-order valence-corrected chi connectivity index (χ4v) is 2.48. The Labute approximate surface area is 143 Å². The van der Waals surface area contributed by atoms with Gasteiger partial charge in [0.05, 0.1) is 31.4 Å². The van der Waals surface area contributed by atoms with Crippen molar-refractivity contribution in [3.8, 4) is 11.8 Å². The highest BCUT2D eigenvalue weighted by atomic mass is 16.5. The Kier molecular flexibility index (Phi) is 6.56. The van der Waals surface area contributed by atoms with E-state index < -0.39 is 0 Å². The van der Waals surface area contributed by atoms with Crippen LogP contribution < -0.4 is 4.74 Å². The van der Waals surface area contributed by atoms with Crippen molar-refractivity contribution in [2.45, 2.75) is 6.04 Å². The zero-order valence-electron chi connectivity index (χ0n) is 14.0. The molecule has 0 spiro atoms. The van der Waals surface area contributed by atoms with Crippen LogP contribution >= 0.6 is 0 Å². The van der Waals surface area contributed by atoms with Gasteiger partial charge >= 0.3 is 0 Å². The summed E-state index contributed by atoms with van der Waals surface area (Å²) < 4.78 is 5.17. The second-order valence-electron chi connectivity index (χ2n) is 5.55. The van der Waals surface area contributed by atoms with Crippen LogP contribution in [0.2, 0.25) is 0 Å². The molecule has 0 bridgehead atoms. The first-order chi connectivity index (χ1) is 11.7. The minimum absolute atomic E-state index is 0.0491.